The van der Waals surface area contributed by atoms with E-state index >= 15 is 0 Å². The van der Waals surface area contributed by atoms with Gasteiger partial charge in [-0.2, -0.15) is 8.78 Å². The summed E-state index contributed by atoms with van der Waals surface area (Å²) in [4.78, 5) is 11.6. The average Bonchev–Trinajstić information content (AvgIpc) is 2.31. The van der Waals surface area contributed by atoms with Crippen LogP contribution in [0.4, 0.5) is 14.5 Å². The summed E-state index contributed by atoms with van der Waals surface area (Å²) in [6, 6.07) is 4.93. The summed E-state index contributed by atoms with van der Waals surface area (Å²) in [5.74, 6) is 1.56. The van der Waals surface area contributed by atoms with Gasteiger partial charge in [-0.3, -0.25) is 4.79 Å². The van der Waals surface area contributed by atoms with Crippen LogP contribution in [-0.4, -0.2) is 18.6 Å². The van der Waals surface area contributed by atoms with Gasteiger partial charge in [0.1, 0.15) is 5.75 Å². The van der Waals surface area contributed by atoms with Crippen LogP contribution in [-0.2, 0) is 4.79 Å². The highest BCUT2D eigenvalue weighted by Crippen LogP contribution is 2.25. The molecule has 0 aromatic heterocycles. The van der Waals surface area contributed by atoms with Crippen molar-refractivity contribution >= 4 is 11.6 Å². The van der Waals surface area contributed by atoms with Crippen LogP contribution in [0.5, 0.6) is 5.75 Å². The number of para-hydroxylation sites is 2. The van der Waals surface area contributed by atoms with Crippen LogP contribution in [0, 0.1) is 12.3 Å². The summed E-state index contributed by atoms with van der Waals surface area (Å²) < 4.78 is 28.5. The predicted molar refractivity (Wildman–Crippen MR) is 63.1 cm³/mol. The first-order valence-electron chi connectivity index (χ1n) is 5.08. The van der Waals surface area contributed by atoms with Gasteiger partial charge in [-0.25, -0.2) is 0 Å². The monoisotopic (exact) mass is 254 g/mol. The second-order valence-corrected chi connectivity index (χ2v) is 3.38. The van der Waals surface area contributed by atoms with Crippen LogP contribution in [0.3, 0.4) is 0 Å². The number of nitrogens with two attached hydrogens (primary N) is 1. The molecule has 1 amide bonds. The topological polar surface area (TPSA) is 64.4 Å². The van der Waals surface area contributed by atoms with E-state index < -0.39 is 18.6 Å². The minimum Gasteiger partial charge on any atom is -0.433 e. The fraction of sp³-hybridized carbons (Fsp3) is 0.250. The van der Waals surface area contributed by atoms with Gasteiger partial charge in [0.05, 0.1) is 11.7 Å². The van der Waals surface area contributed by atoms with Crippen molar-refractivity contribution in [3.05, 3.63) is 24.3 Å². The van der Waals surface area contributed by atoms with E-state index in [1.165, 1.54) is 18.2 Å². The van der Waals surface area contributed by atoms with E-state index in [1.54, 1.807) is 6.07 Å². The van der Waals surface area contributed by atoms with Gasteiger partial charge in [0.2, 0.25) is 5.91 Å². The molecule has 96 valence electrons. The van der Waals surface area contributed by atoms with E-state index in [9.17, 15) is 13.6 Å². The number of anilines is 1. The molecule has 1 aromatic rings. The van der Waals surface area contributed by atoms with Crippen molar-refractivity contribution in [1.29, 1.82) is 0 Å². The standard InChI is InChI=1S/C12H12F2N2O2/c1-2-5-8(15)11(17)16-9-6-3-4-7-10(9)18-12(13)14/h1,3-4,6-8,12H,5,15H2,(H,16,17). The van der Waals surface area contributed by atoms with Gasteiger partial charge in [-0.1, -0.05) is 12.1 Å². The second kappa shape index (κ2) is 6.57. The van der Waals surface area contributed by atoms with E-state index in [1.807, 2.05) is 0 Å². The Morgan fingerprint density at radius 2 is 2.17 bits per heavy atom. The van der Waals surface area contributed by atoms with Crippen LogP contribution < -0.4 is 15.8 Å². The van der Waals surface area contributed by atoms with Gasteiger partial charge in [0.25, 0.3) is 0 Å². The van der Waals surface area contributed by atoms with Gasteiger partial charge in [0, 0.05) is 6.42 Å². The zero-order chi connectivity index (χ0) is 13.5. The van der Waals surface area contributed by atoms with E-state index in [-0.39, 0.29) is 17.9 Å². The molecule has 0 spiro atoms. The molecule has 18 heavy (non-hydrogen) atoms. The van der Waals surface area contributed by atoms with Crippen LogP contribution in [0.15, 0.2) is 24.3 Å². The number of benzene rings is 1. The number of amides is 1. The molecule has 1 unspecified atom stereocenters. The lowest BCUT2D eigenvalue weighted by Gasteiger charge is -2.13. The molecule has 3 N–H and O–H groups in total. The smallest absolute Gasteiger partial charge is 0.387 e. The minimum absolute atomic E-state index is 0.0592. The third kappa shape index (κ3) is 4.03. The molecule has 0 aliphatic carbocycles. The Hall–Kier alpha value is -2.13. The molecule has 0 saturated carbocycles. The van der Waals surface area contributed by atoms with Crippen molar-refractivity contribution in [1.82, 2.24) is 0 Å². The number of hydrogen-bond donors (Lipinski definition) is 2. The Labute approximate surface area is 103 Å². The fourth-order valence-electron chi connectivity index (χ4n) is 1.21. The molecule has 0 aliphatic rings. The minimum atomic E-state index is -2.97. The Balaban J connectivity index is 2.78. The quantitative estimate of drug-likeness (QED) is 0.784. The number of nitrogens with one attached hydrogen (secondary N) is 1. The molecule has 1 aromatic carbocycles. The van der Waals surface area contributed by atoms with Crippen molar-refractivity contribution in [2.75, 3.05) is 5.32 Å². The predicted octanol–water partition coefficient (Wildman–Crippen LogP) is 1.58. The molecule has 0 bridgehead atoms. The number of carbonyl (C=O) groups excluding carboxylic acids is 1. The van der Waals surface area contributed by atoms with Crippen molar-refractivity contribution < 1.29 is 18.3 Å². The number of halogens is 2. The van der Waals surface area contributed by atoms with Gasteiger partial charge in [0.15, 0.2) is 0 Å². The Kier molecular flexibility index (Phi) is 5.08. The lowest BCUT2D eigenvalue weighted by atomic mass is 10.2. The van der Waals surface area contributed by atoms with Gasteiger partial charge < -0.3 is 15.8 Å². The maximum Gasteiger partial charge on any atom is 0.387 e. The summed E-state index contributed by atoms with van der Waals surface area (Å²) in [6.45, 7) is -2.97. The second-order valence-electron chi connectivity index (χ2n) is 3.38. The summed E-state index contributed by atoms with van der Waals surface area (Å²) in [6.07, 6.45) is 5.08. The molecule has 1 atom stereocenters. The van der Waals surface area contributed by atoms with Crippen LogP contribution in [0.2, 0.25) is 0 Å². The number of alkyl halides is 2. The number of terminal acetylenes is 1. The molecular weight excluding hydrogens is 242 g/mol. The Morgan fingerprint density at radius 3 is 2.78 bits per heavy atom. The first-order valence-corrected chi connectivity index (χ1v) is 5.08. The third-order valence-corrected chi connectivity index (χ3v) is 2.04. The highest BCUT2D eigenvalue weighted by molar-refractivity contribution is 5.96. The normalized spacial score (nSPS) is 11.7. The highest BCUT2D eigenvalue weighted by Gasteiger charge is 2.15. The summed E-state index contributed by atoms with van der Waals surface area (Å²) in [5, 5.41) is 2.38. The number of ether oxygens (including phenoxy) is 1. The Bertz CT molecular complexity index is 458. The SMILES string of the molecule is C#CCC(N)C(=O)Nc1ccccc1OC(F)F. The van der Waals surface area contributed by atoms with E-state index in [0.29, 0.717) is 0 Å². The van der Waals surface area contributed by atoms with Crippen LogP contribution >= 0.6 is 0 Å². The van der Waals surface area contributed by atoms with Crippen LogP contribution in [0.25, 0.3) is 0 Å². The van der Waals surface area contributed by atoms with Crippen molar-refractivity contribution in [2.24, 2.45) is 5.73 Å². The lowest BCUT2D eigenvalue weighted by Crippen LogP contribution is -2.35. The highest BCUT2D eigenvalue weighted by atomic mass is 19.3. The van der Waals surface area contributed by atoms with E-state index in [0.717, 1.165) is 0 Å². The molecule has 0 fully saturated rings. The summed E-state index contributed by atoms with van der Waals surface area (Å²) in [7, 11) is 0. The molecule has 4 nitrogen and oxygen atoms in total. The maximum absolute atomic E-state index is 12.1. The zero-order valence-electron chi connectivity index (χ0n) is 9.40. The number of carbonyl (C=O) groups is 1. The molecule has 0 aliphatic heterocycles. The summed E-state index contributed by atoms with van der Waals surface area (Å²) >= 11 is 0. The van der Waals surface area contributed by atoms with Crippen molar-refractivity contribution in [3.63, 3.8) is 0 Å². The fourth-order valence-corrected chi connectivity index (χ4v) is 1.21. The zero-order valence-corrected chi connectivity index (χ0v) is 9.40. The van der Waals surface area contributed by atoms with Crippen molar-refractivity contribution in [3.8, 4) is 18.1 Å². The van der Waals surface area contributed by atoms with Crippen molar-refractivity contribution in [2.45, 2.75) is 19.1 Å². The lowest BCUT2D eigenvalue weighted by molar-refractivity contribution is -0.117. The van der Waals surface area contributed by atoms with Gasteiger partial charge >= 0.3 is 6.61 Å². The summed E-state index contributed by atoms with van der Waals surface area (Å²) in [5.41, 5.74) is 5.60. The van der Waals surface area contributed by atoms with Gasteiger partial charge in [-0.05, 0) is 12.1 Å². The first kappa shape index (κ1) is 13.9. The average molecular weight is 254 g/mol. The van der Waals surface area contributed by atoms with E-state index in [4.69, 9.17) is 12.2 Å². The first-order chi connectivity index (χ1) is 8.54. The molecule has 0 heterocycles. The van der Waals surface area contributed by atoms with Crippen LogP contribution in [0.1, 0.15) is 6.42 Å². The number of rotatable bonds is 5. The van der Waals surface area contributed by atoms with Gasteiger partial charge in [-0.15, -0.1) is 12.3 Å². The molecule has 0 saturated heterocycles. The van der Waals surface area contributed by atoms with E-state index in [2.05, 4.69) is 16.0 Å². The maximum atomic E-state index is 12.1. The molecule has 6 heteroatoms. The Morgan fingerprint density at radius 1 is 1.50 bits per heavy atom. The molecule has 0 radical (unpaired) electrons. The number of hydrogen-bond acceptors (Lipinski definition) is 3. The third-order valence-electron chi connectivity index (χ3n) is 2.04. The molecular formula is C12H12F2N2O2. The largest absolute Gasteiger partial charge is 0.433 e. The molecule has 1 rings (SSSR count).